The molecule has 1 nitrogen and oxygen atoms in total. The minimum Gasteiger partial charge on any atom is -0.314 e. The number of rotatable bonds is 5. The van der Waals surface area contributed by atoms with Gasteiger partial charge in [-0.1, -0.05) is 61.7 Å². The third kappa shape index (κ3) is 4.74. The van der Waals surface area contributed by atoms with Crippen LogP contribution in [-0.2, 0) is 0 Å². The van der Waals surface area contributed by atoms with Crippen LogP contribution in [0.3, 0.4) is 0 Å². The predicted octanol–water partition coefficient (Wildman–Crippen LogP) is 4.01. The Morgan fingerprint density at radius 2 is 1.82 bits per heavy atom. The Kier molecular flexibility index (Phi) is 5.31. The smallest absolute Gasteiger partial charge is 0.00671 e. The Hall–Kier alpha value is -1.08. The van der Waals surface area contributed by atoms with Gasteiger partial charge in [-0.15, -0.1) is 0 Å². The van der Waals surface area contributed by atoms with Crippen LogP contribution in [0.4, 0.5) is 0 Å². The van der Waals surface area contributed by atoms with Crippen LogP contribution in [0.15, 0.2) is 36.4 Å². The van der Waals surface area contributed by atoms with Crippen LogP contribution in [-0.4, -0.2) is 12.6 Å². The van der Waals surface area contributed by atoms with Crippen LogP contribution in [0, 0.1) is 0 Å². The lowest BCUT2D eigenvalue weighted by Crippen LogP contribution is -2.31. The molecule has 1 N–H and O–H groups in total. The first kappa shape index (κ1) is 12.4. The molecule has 1 fully saturated rings. The second-order valence-corrected chi connectivity index (χ2v) is 4.89. The van der Waals surface area contributed by atoms with Gasteiger partial charge in [0.05, 0.1) is 0 Å². The van der Waals surface area contributed by atoms with Crippen molar-refractivity contribution >= 4 is 6.08 Å². The fourth-order valence-corrected chi connectivity index (χ4v) is 2.46. The van der Waals surface area contributed by atoms with E-state index in [-0.39, 0.29) is 0 Å². The van der Waals surface area contributed by atoms with Gasteiger partial charge in [-0.05, 0) is 31.4 Å². The molecule has 0 bridgehead atoms. The molecule has 0 unspecified atom stereocenters. The number of nitrogens with one attached hydrogen (secondary N) is 1. The van der Waals surface area contributed by atoms with Crippen molar-refractivity contribution in [3.05, 3.63) is 42.0 Å². The third-order valence-corrected chi connectivity index (χ3v) is 3.46. The lowest BCUT2D eigenvalue weighted by Gasteiger charge is -2.22. The fraction of sp³-hybridized carbons (Fsp3) is 0.500. The molecule has 1 aliphatic rings. The number of benzene rings is 1. The minimum atomic E-state index is 0.786. The Labute approximate surface area is 105 Å². The predicted molar refractivity (Wildman–Crippen MR) is 75.0 cm³/mol. The van der Waals surface area contributed by atoms with Gasteiger partial charge in [0.25, 0.3) is 0 Å². The van der Waals surface area contributed by atoms with Crippen molar-refractivity contribution in [2.45, 2.75) is 44.6 Å². The van der Waals surface area contributed by atoms with Crippen LogP contribution in [0.5, 0.6) is 0 Å². The summed E-state index contributed by atoms with van der Waals surface area (Å²) in [4.78, 5) is 0. The zero-order chi connectivity index (χ0) is 11.8. The van der Waals surface area contributed by atoms with Gasteiger partial charge >= 0.3 is 0 Å². The van der Waals surface area contributed by atoms with Crippen molar-refractivity contribution in [2.24, 2.45) is 0 Å². The monoisotopic (exact) mass is 229 g/mol. The molecule has 17 heavy (non-hydrogen) atoms. The molecular weight excluding hydrogens is 206 g/mol. The first-order valence-electron chi connectivity index (χ1n) is 6.90. The van der Waals surface area contributed by atoms with Crippen molar-refractivity contribution in [1.29, 1.82) is 0 Å². The highest BCUT2D eigenvalue weighted by Crippen LogP contribution is 2.17. The lowest BCUT2D eigenvalue weighted by molar-refractivity contribution is 0.376. The van der Waals surface area contributed by atoms with Gasteiger partial charge < -0.3 is 5.32 Å². The van der Waals surface area contributed by atoms with E-state index < -0.39 is 0 Å². The summed E-state index contributed by atoms with van der Waals surface area (Å²) in [6.07, 6.45) is 12.6. The van der Waals surface area contributed by atoms with E-state index in [9.17, 15) is 0 Å². The molecule has 1 aromatic carbocycles. The second kappa shape index (κ2) is 7.29. The van der Waals surface area contributed by atoms with Crippen LogP contribution in [0.25, 0.3) is 6.08 Å². The summed E-state index contributed by atoms with van der Waals surface area (Å²) >= 11 is 0. The Bertz CT molecular complexity index is 323. The Morgan fingerprint density at radius 1 is 1.06 bits per heavy atom. The second-order valence-electron chi connectivity index (χ2n) is 4.89. The first-order valence-corrected chi connectivity index (χ1v) is 6.90. The average Bonchev–Trinajstić information content (AvgIpc) is 2.41. The highest BCUT2D eigenvalue weighted by molar-refractivity contribution is 5.48. The maximum atomic E-state index is 3.66. The van der Waals surface area contributed by atoms with Gasteiger partial charge in [0.1, 0.15) is 0 Å². The molecule has 0 aliphatic heterocycles. The van der Waals surface area contributed by atoms with E-state index in [1.54, 1.807) is 0 Å². The Balaban J connectivity index is 1.61. The molecule has 0 atom stereocenters. The number of hydrogen-bond donors (Lipinski definition) is 1. The normalized spacial score (nSPS) is 17.6. The average molecular weight is 229 g/mol. The van der Waals surface area contributed by atoms with Crippen LogP contribution in [0.1, 0.15) is 44.1 Å². The summed E-state index contributed by atoms with van der Waals surface area (Å²) in [5, 5.41) is 3.66. The van der Waals surface area contributed by atoms with Crippen molar-refractivity contribution < 1.29 is 0 Å². The molecule has 92 valence electrons. The molecular formula is C16H23N. The van der Waals surface area contributed by atoms with Crippen molar-refractivity contribution in [2.75, 3.05) is 6.54 Å². The zero-order valence-electron chi connectivity index (χ0n) is 10.6. The van der Waals surface area contributed by atoms with Crippen molar-refractivity contribution in [3.63, 3.8) is 0 Å². The molecule has 1 saturated carbocycles. The molecule has 0 radical (unpaired) electrons. The molecule has 2 rings (SSSR count). The van der Waals surface area contributed by atoms with Gasteiger partial charge in [-0.25, -0.2) is 0 Å². The SMILES string of the molecule is C(=Cc1ccccc1)CCNC1CCCCC1. The van der Waals surface area contributed by atoms with Gasteiger partial charge in [0, 0.05) is 6.04 Å². The molecule has 0 saturated heterocycles. The molecule has 0 amide bonds. The fourth-order valence-electron chi connectivity index (χ4n) is 2.46. The van der Waals surface area contributed by atoms with E-state index in [2.05, 4.69) is 47.8 Å². The van der Waals surface area contributed by atoms with E-state index >= 15 is 0 Å². The van der Waals surface area contributed by atoms with Crippen molar-refractivity contribution in [1.82, 2.24) is 5.32 Å². The van der Waals surface area contributed by atoms with E-state index in [1.807, 2.05) is 0 Å². The standard InChI is InChI=1S/C16H23N/c1-3-9-15(10-4-1)11-7-8-14-17-16-12-5-2-6-13-16/h1,3-4,7,9-11,16-17H,2,5-6,8,12-14H2. The molecule has 0 aromatic heterocycles. The van der Waals surface area contributed by atoms with Crippen LogP contribution < -0.4 is 5.32 Å². The van der Waals surface area contributed by atoms with Gasteiger partial charge in [0.2, 0.25) is 0 Å². The van der Waals surface area contributed by atoms with Gasteiger partial charge in [-0.2, -0.15) is 0 Å². The summed E-state index contributed by atoms with van der Waals surface area (Å²) in [5.74, 6) is 0. The highest BCUT2D eigenvalue weighted by Gasteiger charge is 2.11. The molecule has 0 heterocycles. The van der Waals surface area contributed by atoms with E-state index in [4.69, 9.17) is 0 Å². The summed E-state index contributed by atoms with van der Waals surface area (Å²) < 4.78 is 0. The summed E-state index contributed by atoms with van der Waals surface area (Å²) in [5.41, 5.74) is 1.30. The van der Waals surface area contributed by atoms with Crippen LogP contribution >= 0.6 is 0 Å². The summed E-state index contributed by atoms with van der Waals surface area (Å²) in [6, 6.07) is 11.3. The lowest BCUT2D eigenvalue weighted by atomic mass is 9.95. The molecule has 0 spiro atoms. The van der Waals surface area contributed by atoms with Crippen LogP contribution in [0.2, 0.25) is 0 Å². The molecule has 1 heteroatoms. The minimum absolute atomic E-state index is 0.786. The van der Waals surface area contributed by atoms with E-state index in [1.165, 1.54) is 37.7 Å². The topological polar surface area (TPSA) is 12.0 Å². The number of hydrogen-bond acceptors (Lipinski definition) is 1. The van der Waals surface area contributed by atoms with E-state index in [0.717, 1.165) is 19.0 Å². The van der Waals surface area contributed by atoms with E-state index in [0.29, 0.717) is 0 Å². The Morgan fingerprint density at radius 3 is 2.59 bits per heavy atom. The highest BCUT2D eigenvalue weighted by atomic mass is 14.9. The summed E-state index contributed by atoms with van der Waals surface area (Å²) in [7, 11) is 0. The van der Waals surface area contributed by atoms with Crippen molar-refractivity contribution in [3.8, 4) is 0 Å². The van der Waals surface area contributed by atoms with Gasteiger partial charge in [-0.3, -0.25) is 0 Å². The zero-order valence-corrected chi connectivity index (χ0v) is 10.6. The van der Waals surface area contributed by atoms with Gasteiger partial charge in [0.15, 0.2) is 0 Å². The quantitative estimate of drug-likeness (QED) is 0.752. The molecule has 1 aromatic rings. The largest absolute Gasteiger partial charge is 0.314 e. The molecule has 1 aliphatic carbocycles. The summed E-state index contributed by atoms with van der Waals surface area (Å²) in [6.45, 7) is 1.12. The maximum absolute atomic E-state index is 3.66. The maximum Gasteiger partial charge on any atom is 0.00671 e. The third-order valence-electron chi connectivity index (χ3n) is 3.46. The first-order chi connectivity index (χ1) is 8.45.